The largest absolute Gasteiger partial charge is 0.493 e. The minimum atomic E-state index is -4.54. The second-order valence-electron chi connectivity index (χ2n) is 11.8. The molecule has 0 bridgehead atoms. The first kappa shape index (κ1) is 32.2. The SMILES string of the molecule is COc1ccc(Cc2nn(-c3ccc(C(=O)NCc4cccc(C(F)(F)F)c4)cc3[N+](=O)[O-])c3c2C(=O)CC(C)(C)C3)cc1OC. The summed E-state index contributed by atoms with van der Waals surface area (Å²) < 4.78 is 51.4. The zero-order valence-electron chi connectivity index (χ0n) is 25.5. The summed E-state index contributed by atoms with van der Waals surface area (Å²) in [4.78, 5) is 38.1. The average Bonchev–Trinajstić information content (AvgIpc) is 3.35. The van der Waals surface area contributed by atoms with Crippen LogP contribution in [0.5, 0.6) is 11.5 Å². The number of fused-ring (bicyclic) bond motifs is 1. The number of nitro groups is 1. The summed E-state index contributed by atoms with van der Waals surface area (Å²) in [7, 11) is 3.03. The fraction of sp³-hybridized carbons (Fsp3) is 0.303. The van der Waals surface area contributed by atoms with Crippen molar-refractivity contribution in [2.24, 2.45) is 5.41 Å². The van der Waals surface area contributed by atoms with Crippen molar-refractivity contribution in [2.75, 3.05) is 14.2 Å². The van der Waals surface area contributed by atoms with Gasteiger partial charge in [-0.2, -0.15) is 18.3 Å². The molecule has 0 saturated heterocycles. The second-order valence-corrected chi connectivity index (χ2v) is 11.8. The Bertz CT molecular complexity index is 1850. The summed E-state index contributed by atoms with van der Waals surface area (Å²) in [5.41, 5.74) is 0.676. The fourth-order valence-corrected chi connectivity index (χ4v) is 5.67. The molecule has 10 nitrogen and oxygen atoms in total. The smallest absolute Gasteiger partial charge is 0.416 e. The lowest BCUT2D eigenvalue weighted by Gasteiger charge is -2.29. The zero-order valence-corrected chi connectivity index (χ0v) is 25.5. The molecule has 1 aliphatic rings. The molecule has 1 N–H and O–H groups in total. The highest BCUT2D eigenvalue weighted by molar-refractivity contribution is 6.00. The molecule has 3 aromatic carbocycles. The van der Waals surface area contributed by atoms with Gasteiger partial charge < -0.3 is 14.8 Å². The van der Waals surface area contributed by atoms with E-state index in [2.05, 4.69) is 5.32 Å². The molecule has 0 radical (unpaired) electrons. The monoisotopic (exact) mass is 636 g/mol. The van der Waals surface area contributed by atoms with E-state index in [4.69, 9.17) is 14.6 Å². The number of benzene rings is 3. The first-order chi connectivity index (χ1) is 21.7. The first-order valence-corrected chi connectivity index (χ1v) is 14.3. The van der Waals surface area contributed by atoms with Crippen molar-refractivity contribution in [1.29, 1.82) is 0 Å². The number of carbonyl (C=O) groups is 2. The van der Waals surface area contributed by atoms with Gasteiger partial charge in [0, 0.05) is 31.0 Å². The lowest BCUT2D eigenvalue weighted by Crippen LogP contribution is -2.28. The predicted octanol–water partition coefficient (Wildman–Crippen LogP) is 6.49. The Kier molecular flexibility index (Phi) is 8.61. The molecule has 4 aromatic rings. The summed E-state index contributed by atoms with van der Waals surface area (Å²) in [5, 5.41) is 19.5. The Morgan fingerprint density at radius 2 is 1.76 bits per heavy atom. The van der Waals surface area contributed by atoms with E-state index in [0.29, 0.717) is 34.9 Å². The first-order valence-electron chi connectivity index (χ1n) is 14.3. The van der Waals surface area contributed by atoms with Gasteiger partial charge in [-0.15, -0.1) is 0 Å². The molecule has 1 amide bonds. The number of halogens is 3. The lowest BCUT2D eigenvalue weighted by atomic mass is 9.75. The van der Waals surface area contributed by atoms with Crippen LogP contribution in [0.25, 0.3) is 5.69 Å². The van der Waals surface area contributed by atoms with E-state index in [9.17, 15) is 32.9 Å². The maximum atomic E-state index is 13.5. The topological polar surface area (TPSA) is 126 Å². The van der Waals surface area contributed by atoms with E-state index in [-0.39, 0.29) is 42.0 Å². The third kappa shape index (κ3) is 6.58. The minimum Gasteiger partial charge on any atom is -0.493 e. The van der Waals surface area contributed by atoms with Crippen LogP contribution in [0.2, 0.25) is 0 Å². The molecule has 1 aliphatic carbocycles. The molecular weight excluding hydrogens is 605 g/mol. The Balaban J connectivity index is 1.50. The van der Waals surface area contributed by atoms with E-state index in [0.717, 1.165) is 23.8 Å². The van der Waals surface area contributed by atoms with Crippen molar-refractivity contribution < 1.29 is 37.2 Å². The number of rotatable bonds is 9. The van der Waals surface area contributed by atoms with Crippen LogP contribution in [0.4, 0.5) is 18.9 Å². The number of carbonyl (C=O) groups excluding carboxylic acids is 2. The van der Waals surface area contributed by atoms with Crippen LogP contribution in [-0.2, 0) is 25.6 Å². The molecule has 5 rings (SSSR count). The van der Waals surface area contributed by atoms with Crippen LogP contribution in [0.3, 0.4) is 0 Å². The zero-order chi connectivity index (χ0) is 33.4. The quantitative estimate of drug-likeness (QED) is 0.164. The van der Waals surface area contributed by atoms with E-state index >= 15 is 0 Å². The maximum absolute atomic E-state index is 13.5. The highest BCUT2D eigenvalue weighted by Gasteiger charge is 2.38. The number of aromatic nitrogens is 2. The summed E-state index contributed by atoms with van der Waals surface area (Å²) >= 11 is 0. The van der Waals surface area contributed by atoms with Crippen molar-refractivity contribution >= 4 is 17.4 Å². The molecule has 0 spiro atoms. The van der Waals surface area contributed by atoms with Gasteiger partial charge in [0.05, 0.1) is 41.7 Å². The van der Waals surface area contributed by atoms with Gasteiger partial charge in [0.15, 0.2) is 17.3 Å². The number of hydrogen-bond acceptors (Lipinski definition) is 7. The number of amides is 1. The molecule has 1 heterocycles. The molecular formula is C33H31F3N4O6. The minimum absolute atomic E-state index is 0.0644. The van der Waals surface area contributed by atoms with Crippen LogP contribution < -0.4 is 14.8 Å². The lowest BCUT2D eigenvalue weighted by molar-refractivity contribution is -0.384. The van der Waals surface area contributed by atoms with Gasteiger partial charge in [-0.25, -0.2) is 4.68 Å². The average molecular weight is 637 g/mol. The molecule has 0 fully saturated rings. The van der Waals surface area contributed by atoms with Crippen molar-refractivity contribution in [3.05, 3.63) is 110 Å². The molecule has 13 heteroatoms. The summed E-state index contributed by atoms with van der Waals surface area (Å²) in [5.74, 6) is 0.200. The van der Waals surface area contributed by atoms with Gasteiger partial charge in [-0.05, 0) is 59.4 Å². The number of nitro benzene ring substituents is 1. The Morgan fingerprint density at radius 1 is 1.02 bits per heavy atom. The molecule has 0 aliphatic heterocycles. The van der Waals surface area contributed by atoms with Gasteiger partial charge in [-0.1, -0.05) is 32.0 Å². The second kappa shape index (κ2) is 12.3. The Labute approximate surface area is 262 Å². The maximum Gasteiger partial charge on any atom is 0.416 e. The predicted molar refractivity (Wildman–Crippen MR) is 162 cm³/mol. The van der Waals surface area contributed by atoms with Gasteiger partial charge in [0.2, 0.25) is 0 Å². The third-order valence-electron chi connectivity index (χ3n) is 7.81. The molecule has 0 atom stereocenters. The molecule has 240 valence electrons. The third-order valence-corrected chi connectivity index (χ3v) is 7.81. The van der Waals surface area contributed by atoms with Crippen molar-refractivity contribution in [1.82, 2.24) is 15.1 Å². The van der Waals surface area contributed by atoms with Gasteiger partial charge in [-0.3, -0.25) is 19.7 Å². The van der Waals surface area contributed by atoms with Crippen molar-refractivity contribution in [2.45, 2.75) is 45.8 Å². The molecule has 0 saturated carbocycles. The molecule has 1 aromatic heterocycles. The standard InChI is InChI=1S/C33H31F3N4O6/c1-32(2)16-26-30(27(41)17-32)23(13-19-8-11-28(45-3)29(14-19)46-4)38-39(26)24-10-9-21(15-25(24)40(43)44)31(42)37-18-20-6-5-7-22(12-20)33(34,35)36/h5-12,14-15H,13,16-18H2,1-4H3,(H,37,42). The van der Waals surface area contributed by atoms with Gasteiger partial charge >= 0.3 is 6.18 Å². The van der Waals surface area contributed by atoms with E-state index in [1.54, 1.807) is 12.1 Å². The summed E-state index contributed by atoms with van der Waals surface area (Å²) in [6.07, 6.45) is -3.60. The molecule has 0 unspecified atom stereocenters. The highest BCUT2D eigenvalue weighted by atomic mass is 19.4. The number of nitrogens with one attached hydrogen (secondary N) is 1. The van der Waals surface area contributed by atoms with Crippen LogP contribution in [0.15, 0.2) is 60.7 Å². The number of Topliss-reactive ketones (excluding diaryl/α,β-unsaturated/α-hetero) is 1. The van der Waals surface area contributed by atoms with Gasteiger partial charge in [0.25, 0.3) is 11.6 Å². The number of ether oxygens (including phenoxy) is 2. The van der Waals surface area contributed by atoms with Crippen LogP contribution >= 0.6 is 0 Å². The number of ketones is 1. The summed E-state index contributed by atoms with van der Waals surface area (Å²) in [6.45, 7) is 3.65. The van der Waals surface area contributed by atoms with E-state index in [1.165, 1.54) is 43.2 Å². The fourth-order valence-electron chi connectivity index (χ4n) is 5.67. The normalized spacial score (nSPS) is 14.0. The number of methoxy groups -OCH3 is 2. The van der Waals surface area contributed by atoms with Crippen molar-refractivity contribution in [3.63, 3.8) is 0 Å². The highest BCUT2D eigenvalue weighted by Crippen LogP contribution is 2.39. The number of alkyl halides is 3. The van der Waals surface area contributed by atoms with Crippen LogP contribution in [-0.4, -0.2) is 40.6 Å². The number of hydrogen-bond donors (Lipinski definition) is 1. The van der Waals surface area contributed by atoms with Crippen molar-refractivity contribution in [3.8, 4) is 17.2 Å². The van der Waals surface area contributed by atoms with E-state index in [1.807, 2.05) is 19.9 Å². The van der Waals surface area contributed by atoms with Gasteiger partial charge in [0.1, 0.15) is 5.69 Å². The van der Waals surface area contributed by atoms with Crippen LogP contribution in [0, 0.1) is 15.5 Å². The van der Waals surface area contributed by atoms with Crippen LogP contribution in [0.1, 0.15) is 69.1 Å². The Morgan fingerprint density at radius 3 is 2.43 bits per heavy atom. The van der Waals surface area contributed by atoms with E-state index < -0.39 is 33.7 Å². The molecule has 46 heavy (non-hydrogen) atoms. The summed E-state index contributed by atoms with van der Waals surface area (Å²) in [6, 6.07) is 13.7. The number of nitrogens with zero attached hydrogens (tertiary/aromatic N) is 3. The Hall–Kier alpha value is -5.20.